The molecule has 0 bridgehead atoms. The summed E-state index contributed by atoms with van der Waals surface area (Å²) >= 11 is 0. The van der Waals surface area contributed by atoms with E-state index >= 15 is 0 Å². The van der Waals surface area contributed by atoms with Gasteiger partial charge in [0.15, 0.2) is 0 Å². The smallest absolute Gasteiger partial charge is 0.288 e. The number of carbonyl (C=O) groups is 3. The van der Waals surface area contributed by atoms with Gasteiger partial charge < -0.3 is 15.1 Å². The van der Waals surface area contributed by atoms with Gasteiger partial charge in [0.05, 0.1) is 12.8 Å². The molecule has 0 aliphatic rings. The fraction of sp³-hybridized carbons (Fsp3) is 0.462. The number of rotatable bonds is 6. The summed E-state index contributed by atoms with van der Waals surface area (Å²) in [5.41, 5.74) is 0. The molecule has 104 valence electrons. The minimum atomic E-state index is -0.773. The van der Waals surface area contributed by atoms with Gasteiger partial charge >= 0.3 is 0 Å². The van der Waals surface area contributed by atoms with Gasteiger partial charge in [-0.15, -0.1) is 0 Å². The second kappa shape index (κ2) is 6.72. The molecule has 6 nitrogen and oxygen atoms in total. The topological polar surface area (TPSA) is 88.4 Å². The first-order valence-electron chi connectivity index (χ1n) is 6.06. The van der Waals surface area contributed by atoms with Gasteiger partial charge in [-0.1, -0.05) is 13.8 Å². The molecular formula is C13H18N2O4. The van der Waals surface area contributed by atoms with E-state index in [0.717, 1.165) is 0 Å². The van der Waals surface area contributed by atoms with E-state index in [4.69, 9.17) is 4.42 Å². The zero-order valence-electron chi connectivity index (χ0n) is 11.2. The number of ketones is 1. The lowest BCUT2D eigenvalue weighted by atomic mass is 10.1. The zero-order chi connectivity index (χ0) is 14.4. The van der Waals surface area contributed by atoms with Crippen molar-refractivity contribution >= 4 is 17.6 Å². The van der Waals surface area contributed by atoms with Crippen LogP contribution in [0.3, 0.4) is 0 Å². The van der Waals surface area contributed by atoms with Gasteiger partial charge in [-0.25, -0.2) is 0 Å². The molecule has 0 aromatic carbocycles. The highest BCUT2D eigenvalue weighted by atomic mass is 16.3. The highest BCUT2D eigenvalue weighted by Crippen LogP contribution is 1.99. The van der Waals surface area contributed by atoms with Crippen LogP contribution in [-0.4, -0.2) is 23.6 Å². The first-order chi connectivity index (χ1) is 8.91. The summed E-state index contributed by atoms with van der Waals surface area (Å²) in [6.07, 6.45) is 1.51. The van der Waals surface area contributed by atoms with E-state index in [2.05, 4.69) is 10.6 Å². The molecule has 1 aromatic rings. The SMILES string of the molecule is CC(C)C(=O)C(=O)N[C@H](C)C(=O)NCc1ccco1. The van der Waals surface area contributed by atoms with Gasteiger partial charge in [0.1, 0.15) is 11.8 Å². The molecule has 1 aromatic heterocycles. The summed E-state index contributed by atoms with van der Waals surface area (Å²) in [7, 11) is 0. The molecule has 0 saturated heterocycles. The van der Waals surface area contributed by atoms with Crippen molar-refractivity contribution < 1.29 is 18.8 Å². The standard InChI is InChI=1S/C13H18N2O4/c1-8(2)11(16)13(18)15-9(3)12(17)14-7-10-5-4-6-19-10/h4-6,8-9H,7H2,1-3H3,(H,14,17)(H,15,18)/t9-/m1/s1. The largest absolute Gasteiger partial charge is 0.467 e. The van der Waals surface area contributed by atoms with Crippen LogP contribution in [-0.2, 0) is 20.9 Å². The van der Waals surface area contributed by atoms with E-state index in [1.807, 2.05) is 0 Å². The predicted octanol–water partition coefficient (Wildman–Crippen LogP) is 0.626. The van der Waals surface area contributed by atoms with Gasteiger partial charge in [0.25, 0.3) is 5.91 Å². The van der Waals surface area contributed by atoms with Crippen LogP contribution >= 0.6 is 0 Å². The van der Waals surface area contributed by atoms with Crippen molar-refractivity contribution in [2.45, 2.75) is 33.4 Å². The average Bonchev–Trinajstić information content (AvgIpc) is 2.87. The molecule has 0 fully saturated rings. The van der Waals surface area contributed by atoms with Crippen molar-refractivity contribution in [1.29, 1.82) is 0 Å². The monoisotopic (exact) mass is 266 g/mol. The van der Waals surface area contributed by atoms with Gasteiger partial charge in [0, 0.05) is 5.92 Å². The summed E-state index contributed by atoms with van der Waals surface area (Å²) in [4.78, 5) is 34.5. The van der Waals surface area contributed by atoms with Crippen LogP contribution in [0.4, 0.5) is 0 Å². The number of hydrogen-bond acceptors (Lipinski definition) is 4. The van der Waals surface area contributed by atoms with Crippen molar-refractivity contribution in [2.24, 2.45) is 5.92 Å². The predicted molar refractivity (Wildman–Crippen MR) is 68.0 cm³/mol. The highest BCUT2D eigenvalue weighted by Gasteiger charge is 2.22. The van der Waals surface area contributed by atoms with Crippen LogP contribution in [0.2, 0.25) is 0 Å². The maximum atomic E-state index is 11.7. The first kappa shape index (κ1) is 14.9. The van der Waals surface area contributed by atoms with E-state index in [-0.39, 0.29) is 12.5 Å². The molecule has 0 aliphatic heterocycles. The van der Waals surface area contributed by atoms with Gasteiger partial charge in [-0.05, 0) is 19.1 Å². The molecule has 1 rings (SSSR count). The quantitative estimate of drug-likeness (QED) is 0.739. The number of furan rings is 1. The molecule has 6 heteroatoms. The molecule has 0 radical (unpaired) electrons. The van der Waals surface area contributed by atoms with Gasteiger partial charge in [0.2, 0.25) is 11.7 Å². The van der Waals surface area contributed by atoms with Crippen LogP contribution < -0.4 is 10.6 Å². The lowest BCUT2D eigenvalue weighted by molar-refractivity contribution is -0.141. The minimum absolute atomic E-state index is 0.240. The molecule has 0 unspecified atom stereocenters. The lowest BCUT2D eigenvalue weighted by Crippen LogP contribution is -2.47. The minimum Gasteiger partial charge on any atom is -0.467 e. The van der Waals surface area contributed by atoms with Crippen LogP contribution in [0.1, 0.15) is 26.5 Å². The summed E-state index contributed by atoms with van der Waals surface area (Å²) in [6, 6.07) is 2.67. The molecule has 2 N–H and O–H groups in total. The maximum absolute atomic E-state index is 11.7. The Labute approximate surface area is 111 Å². The van der Waals surface area contributed by atoms with Crippen LogP contribution in [0.25, 0.3) is 0 Å². The van der Waals surface area contributed by atoms with E-state index in [1.165, 1.54) is 13.2 Å². The molecule has 0 saturated carbocycles. The molecule has 1 heterocycles. The van der Waals surface area contributed by atoms with Crippen LogP contribution in [0.5, 0.6) is 0 Å². The van der Waals surface area contributed by atoms with Crippen LogP contribution in [0.15, 0.2) is 22.8 Å². The van der Waals surface area contributed by atoms with Crippen molar-refractivity contribution in [2.75, 3.05) is 0 Å². The van der Waals surface area contributed by atoms with Gasteiger partial charge in [-0.2, -0.15) is 0 Å². The van der Waals surface area contributed by atoms with Crippen LogP contribution in [0, 0.1) is 5.92 Å². The second-order valence-electron chi connectivity index (χ2n) is 4.51. The fourth-order valence-corrected chi connectivity index (χ4v) is 1.34. The van der Waals surface area contributed by atoms with Crippen molar-refractivity contribution in [1.82, 2.24) is 10.6 Å². The average molecular weight is 266 g/mol. The molecule has 0 spiro atoms. The number of Topliss-reactive ketones (excluding diaryl/α,β-unsaturated/α-hetero) is 1. The summed E-state index contributed by atoms with van der Waals surface area (Å²) in [5.74, 6) is -1.42. The number of amides is 2. The number of hydrogen-bond donors (Lipinski definition) is 2. The Morgan fingerprint density at radius 3 is 2.47 bits per heavy atom. The zero-order valence-corrected chi connectivity index (χ0v) is 11.2. The third-order valence-electron chi connectivity index (χ3n) is 2.51. The Balaban J connectivity index is 2.40. The van der Waals surface area contributed by atoms with E-state index < -0.39 is 23.7 Å². The molecule has 1 atom stereocenters. The van der Waals surface area contributed by atoms with Crippen molar-refractivity contribution in [3.63, 3.8) is 0 Å². The lowest BCUT2D eigenvalue weighted by Gasteiger charge is -2.13. The summed E-state index contributed by atoms with van der Waals surface area (Å²) in [6.45, 7) is 5.01. The molecule has 0 aliphatic carbocycles. The number of carbonyl (C=O) groups excluding carboxylic acids is 3. The molecule has 2 amide bonds. The first-order valence-corrected chi connectivity index (χ1v) is 6.06. The Morgan fingerprint density at radius 2 is 1.95 bits per heavy atom. The summed E-state index contributed by atoms with van der Waals surface area (Å²) < 4.78 is 5.06. The maximum Gasteiger partial charge on any atom is 0.288 e. The van der Waals surface area contributed by atoms with Crippen molar-refractivity contribution in [3.05, 3.63) is 24.2 Å². The van der Waals surface area contributed by atoms with Gasteiger partial charge in [-0.3, -0.25) is 14.4 Å². The van der Waals surface area contributed by atoms with E-state index in [1.54, 1.807) is 26.0 Å². The van der Waals surface area contributed by atoms with E-state index in [0.29, 0.717) is 5.76 Å². The second-order valence-corrected chi connectivity index (χ2v) is 4.51. The normalized spacial score (nSPS) is 12.0. The van der Waals surface area contributed by atoms with Crippen molar-refractivity contribution in [3.8, 4) is 0 Å². The Morgan fingerprint density at radius 1 is 1.26 bits per heavy atom. The fourth-order valence-electron chi connectivity index (χ4n) is 1.34. The summed E-state index contributed by atoms with van der Waals surface area (Å²) in [5, 5.41) is 4.96. The Bertz CT molecular complexity index is 451. The highest BCUT2D eigenvalue weighted by molar-refractivity contribution is 6.37. The van der Waals surface area contributed by atoms with E-state index in [9.17, 15) is 14.4 Å². The molecule has 19 heavy (non-hydrogen) atoms. The molecular weight excluding hydrogens is 248 g/mol. The third kappa shape index (κ3) is 4.57. The third-order valence-corrected chi connectivity index (χ3v) is 2.51. The number of nitrogens with one attached hydrogen (secondary N) is 2. The Hall–Kier alpha value is -2.11. The Kier molecular flexibility index (Phi) is 5.29.